The van der Waals surface area contributed by atoms with Crippen molar-refractivity contribution in [1.82, 2.24) is 9.67 Å². The van der Waals surface area contributed by atoms with Gasteiger partial charge in [-0.25, -0.2) is 23.2 Å². The third-order valence-corrected chi connectivity index (χ3v) is 4.35. The molecule has 0 aliphatic carbocycles. The van der Waals surface area contributed by atoms with Gasteiger partial charge >= 0.3 is 5.65 Å². The van der Waals surface area contributed by atoms with E-state index < -0.39 is 10.2 Å². The number of pyridine rings is 1. The molecule has 0 spiro atoms. The minimum absolute atomic E-state index is 0.0174. The van der Waals surface area contributed by atoms with Crippen LogP contribution in [0.15, 0.2) is 41.2 Å². The maximum absolute atomic E-state index is 13.0. The molecule has 0 atom stereocenters. The minimum atomic E-state index is -4.94. The molecule has 28 heavy (non-hydrogen) atoms. The number of halogens is 1. The van der Waals surface area contributed by atoms with Crippen LogP contribution in [0.4, 0.5) is 0 Å². The highest BCUT2D eigenvalue weighted by Gasteiger charge is 2.22. The third kappa shape index (κ3) is 3.19. The molecule has 144 valence electrons. The number of ether oxygens (including phenoxy) is 2. The molecule has 10 nitrogen and oxygen atoms in total. The van der Waals surface area contributed by atoms with Crippen molar-refractivity contribution < 1.29 is 43.5 Å². The quantitative estimate of drug-likeness (QED) is 0.221. The Morgan fingerprint density at radius 2 is 1.71 bits per heavy atom. The molecule has 0 fully saturated rings. The van der Waals surface area contributed by atoms with E-state index in [0.717, 1.165) is 10.9 Å². The monoisotopic (exact) mass is 405 g/mol. The lowest BCUT2D eigenvalue weighted by Gasteiger charge is -2.17. The highest BCUT2D eigenvalue weighted by molar-refractivity contribution is 6.06. The van der Waals surface area contributed by atoms with Crippen molar-refractivity contribution >= 4 is 32.8 Å². The van der Waals surface area contributed by atoms with E-state index >= 15 is 0 Å². The van der Waals surface area contributed by atoms with E-state index in [1.807, 2.05) is 41.9 Å². The second-order valence-corrected chi connectivity index (χ2v) is 6.71. The Labute approximate surface area is 158 Å². The molecule has 1 aliphatic rings. The summed E-state index contributed by atoms with van der Waals surface area (Å²) in [6, 6.07) is 11.2. The van der Waals surface area contributed by atoms with Gasteiger partial charge < -0.3 is 9.47 Å². The van der Waals surface area contributed by atoms with Gasteiger partial charge in [0.15, 0.2) is 11.5 Å². The van der Waals surface area contributed by atoms with Gasteiger partial charge in [0.2, 0.25) is 12.2 Å². The molecular formula is C17H12ClN3O7. The van der Waals surface area contributed by atoms with Crippen LogP contribution >= 0.6 is 0 Å². The van der Waals surface area contributed by atoms with Gasteiger partial charge in [-0.1, -0.05) is 17.2 Å². The fourth-order valence-electron chi connectivity index (χ4n) is 3.21. The number of rotatable bonds is 0. The van der Waals surface area contributed by atoms with Crippen LogP contribution in [-0.2, 0) is 7.05 Å². The van der Waals surface area contributed by atoms with Crippen LogP contribution in [0.5, 0.6) is 11.5 Å². The Balaban J connectivity index is 0.000000346. The molecular weight excluding hydrogens is 394 g/mol. The lowest BCUT2D eigenvalue weighted by Crippen LogP contribution is -2.68. The number of aromatic nitrogens is 3. The van der Waals surface area contributed by atoms with Crippen molar-refractivity contribution in [2.75, 3.05) is 6.79 Å². The van der Waals surface area contributed by atoms with E-state index in [-0.39, 0.29) is 12.2 Å². The summed E-state index contributed by atoms with van der Waals surface area (Å²) in [4.78, 5) is 13.0. The lowest BCUT2D eigenvalue weighted by molar-refractivity contribution is -2.00. The first-order valence-corrected chi connectivity index (χ1v) is 9.12. The van der Waals surface area contributed by atoms with Crippen molar-refractivity contribution in [3.05, 3.63) is 46.6 Å². The summed E-state index contributed by atoms with van der Waals surface area (Å²) in [5, 5.41) is 9.42. The normalized spacial score (nSPS) is 13.0. The molecule has 0 unspecified atom stereocenters. The maximum Gasteiger partial charge on any atom is 0.312 e. The predicted octanol–water partition coefficient (Wildman–Crippen LogP) is -2.97. The van der Waals surface area contributed by atoms with E-state index in [0.29, 0.717) is 33.4 Å². The highest BCUT2D eigenvalue weighted by atomic mass is 35.7. The number of benzene rings is 2. The number of para-hydroxylation sites is 1. The van der Waals surface area contributed by atoms with E-state index in [2.05, 4.69) is 10.2 Å². The summed E-state index contributed by atoms with van der Waals surface area (Å²) >= 11 is 0. The minimum Gasteiger partial charge on any atom is -0.454 e. The Morgan fingerprint density at radius 3 is 2.43 bits per heavy atom. The molecule has 2 aromatic carbocycles. The molecule has 1 N–H and O–H groups in total. The van der Waals surface area contributed by atoms with Crippen LogP contribution in [0.3, 0.4) is 0 Å². The van der Waals surface area contributed by atoms with Gasteiger partial charge in [-0.3, -0.25) is 4.79 Å². The van der Waals surface area contributed by atoms with Crippen molar-refractivity contribution in [2.24, 2.45) is 7.05 Å². The van der Waals surface area contributed by atoms with Gasteiger partial charge in [-0.05, 0) is 18.2 Å². The van der Waals surface area contributed by atoms with Gasteiger partial charge in [-0.2, -0.15) is 0 Å². The van der Waals surface area contributed by atoms with E-state index in [1.54, 1.807) is 6.07 Å². The lowest BCUT2D eigenvalue weighted by atomic mass is 10.1. The molecule has 2 aromatic heterocycles. The maximum atomic E-state index is 13.0. The fourth-order valence-corrected chi connectivity index (χ4v) is 3.21. The number of aryl methyl sites for hydroxylation is 1. The topological polar surface area (TPSA) is 160 Å². The second-order valence-electron chi connectivity index (χ2n) is 5.95. The van der Waals surface area contributed by atoms with Gasteiger partial charge in [0.05, 0.1) is 12.4 Å². The van der Waals surface area contributed by atoms with E-state index in [4.69, 9.17) is 28.1 Å². The molecule has 5 rings (SSSR count). The average molecular weight is 406 g/mol. The van der Waals surface area contributed by atoms with Gasteiger partial charge in [0.1, 0.15) is 16.4 Å². The Bertz CT molecular complexity index is 1280. The first-order chi connectivity index (χ1) is 13.2. The summed E-state index contributed by atoms with van der Waals surface area (Å²) < 4.78 is 46.7. The molecule has 0 radical (unpaired) electrons. The Kier molecular flexibility index (Phi) is 4.29. The van der Waals surface area contributed by atoms with Crippen LogP contribution < -0.4 is 38.6 Å². The zero-order chi connectivity index (χ0) is 20.1. The molecule has 0 saturated carbocycles. The van der Waals surface area contributed by atoms with Crippen molar-refractivity contribution in [1.29, 1.82) is 0 Å². The van der Waals surface area contributed by atoms with Crippen LogP contribution in [0.25, 0.3) is 32.8 Å². The van der Waals surface area contributed by atoms with Crippen molar-refractivity contribution in [3.63, 3.8) is 0 Å². The van der Waals surface area contributed by atoms with Crippen LogP contribution in [-0.4, -0.2) is 16.5 Å². The number of hydrogen-bond donors (Lipinski definition) is 0. The van der Waals surface area contributed by atoms with Crippen molar-refractivity contribution in [3.8, 4) is 11.5 Å². The number of hydrogen-bond acceptors (Lipinski definition) is 8. The summed E-state index contributed by atoms with van der Waals surface area (Å²) in [6.45, 7) is 0.189. The highest BCUT2D eigenvalue weighted by Crippen LogP contribution is 2.36. The average Bonchev–Trinajstić information content (AvgIpc) is 3.09. The van der Waals surface area contributed by atoms with Crippen molar-refractivity contribution in [2.45, 2.75) is 0 Å². The van der Waals surface area contributed by atoms with Crippen LogP contribution in [0.2, 0.25) is 0 Å². The molecule has 3 heterocycles. The molecule has 1 aliphatic heterocycles. The Morgan fingerprint density at radius 1 is 1.07 bits per heavy atom. The summed E-state index contributed by atoms with van der Waals surface area (Å²) in [7, 11) is -3.03. The van der Waals surface area contributed by atoms with Gasteiger partial charge in [0.25, 0.3) is 0 Å². The van der Waals surface area contributed by atoms with Gasteiger partial charge in [0, 0.05) is 11.5 Å². The second kappa shape index (κ2) is 6.55. The molecule has 0 amide bonds. The largest absolute Gasteiger partial charge is 0.454 e. The number of nitrogens with one attached hydrogen (secondary N) is 1. The fraction of sp³-hybridized carbons (Fsp3) is 0.118. The molecule has 0 saturated heterocycles. The zero-order valence-electron chi connectivity index (χ0n) is 14.3. The van der Waals surface area contributed by atoms with Crippen LogP contribution in [0, 0.1) is 10.2 Å². The number of aromatic amines is 1. The summed E-state index contributed by atoms with van der Waals surface area (Å²) in [6.07, 6.45) is 0. The smallest absolute Gasteiger partial charge is 0.312 e. The first-order valence-electron chi connectivity index (χ1n) is 7.88. The summed E-state index contributed by atoms with van der Waals surface area (Å²) in [5.41, 5.74) is 2.20. The first kappa shape index (κ1) is 18.3. The zero-order valence-corrected chi connectivity index (χ0v) is 15.1. The summed E-state index contributed by atoms with van der Waals surface area (Å²) in [5.74, 6) is 1.29. The van der Waals surface area contributed by atoms with Gasteiger partial charge in [-0.15, -0.1) is 15.3 Å². The predicted molar refractivity (Wildman–Crippen MR) is 84.7 cm³/mol. The molecule has 0 bridgehead atoms. The Hall–Kier alpha value is -3.02. The third-order valence-electron chi connectivity index (χ3n) is 4.35. The van der Waals surface area contributed by atoms with E-state index in [9.17, 15) is 4.79 Å². The standard InChI is InChI=1S/C17H11N3O3.ClHO4/c1-20-12-5-3-2-4-9(12)16(21)15-10-6-13-14(23-8-22-13)7-11(10)18-19-17(15)20;2-1(3,4)5/h2-7H,8H2,1H3;(H,2,3,4,5). The molecule has 4 aromatic rings. The SMILES string of the molecule is Cn1c2ccccc2c(=O)c2c3cc4c(cc3n[nH+]c21)OCO4.[O-][Cl+3]([O-])([O-])[O-]. The number of H-pyrrole nitrogens is 1. The number of nitrogens with zero attached hydrogens (tertiary/aromatic N) is 2. The van der Waals surface area contributed by atoms with E-state index in [1.165, 1.54) is 0 Å². The van der Waals surface area contributed by atoms with Crippen LogP contribution in [0.1, 0.15) is 0 Å². The number of fused-ring (bicyclic) bond motifs is 5. The molecule has 11 heteroatoms.